The minimum Gasteiger partial charge on any atom is -0.310 e. The molecule has 0 saturated heterocycles. The van der Waals surface area contributed by atoms with Gasteiger partial charge in [-0.15, -0.1) is 11.3 Å². The van der Waals surface area contributed by atoms with Crippen molar-refractivity contribution in [2.45, 2.75) is 38.5 Å². The molecule has 2 aliphatic rings. The summed E-state index contributed by atoms with van der Waals surface area (Å²) >= 11 is 1.75. The van der Waals surface area contributed by atoms with E-state index in [1.54, 1.807) is 11.3 Å². The van der Waals surface area contributed by atoms with Crippen molar-refractivity contribution in [3.63, 3.8) is 0 Å². The molecule has 1 aromatic heterocycles. The second-order valence-corrected chi connectivity index (χ2v) is 16.3. The fourth-order valence-electron chi connectivity index (χ4n) is 8.72. The molecule has 0 radical (unpaired) electrons. The molecule has 1 heterocycles. The highest BCUT2D eigenvalue weighted by Gasteiger charge is 2.37. The molecule has 0 aliphatic heterocycles. The van der Waals surface area contributed by atoms with Gasteiger partial charge in [-0.3, -0.25) is 0 Å². The SMILES string of the molecule is CC1(C)c2ccccc2-c2ccc(N(c3ccc4c(c3)C(C)(C)c3ccccc3-4)c3ccc4sc(-c5ccc(-c6ccccc6)cc5)nc4c3)cc21. The van der Waals surface area contributed by atoms with Gasteiger partial charge < -0.3 is 4.90 Å². The van der Waals surface area contributed by atoms with Crippen LogP contribution in [0.1, 0.15) is 49.9 Å². The van der Waals surface area contributed by atoms with E-state index < -0.39 is 0 Å². The number of nitrogens with zero attached hydrogens (tertiary/aromatic N) is 2. The van der Waals surface area contributed by atoms with Gasteiger partial charge in [-0.05, 0) is 98.1 Å². The second kappa shape index (κ2) is 11.4. The lowest BCUT2D eigenvalue weighted by Crippen LogP contribution is -2.18. The second-order valence-electron chi connectivity index (χ2n) is 15.3. The number of benzene rings is 7. The van der Waals surface area contributed by atoms with Gasteiger partial charge in [0.05, 0.1) is 10.2 Å². The summed E-state index contributed by atoms with van der Waals surface area (Å²) < 4.78 is 1.18. The number of aromatic nitrogens is 1. The van der Waals surface area contributed by atoms with E-state index in [9.17, 15) is 0 Å². The Morgan fingerprint density at radius 2 is 0.885 bits per heavy atom. The van der Waals surface area contributed by atoms with Crippen LogP contribution in [0.15, 0.2) is 158 Å². The molecular weight excluding hydrogens is 649 g/mol. The first-order valence-electron chi connectivity index (χ1n) is 18.1. The van der Waals surface area contributed by atoms with Crippen LogP contribution in [-0.4, -0.2) is 4.98 Å². The lowest BCUT2D eigenvalue weighted by atomic mass is 9.82. The molecule has 2 aliphatic carbocycles. The summed E-state index contributed by atoms with van der Waals surface area (Å²) in [6.45, 7) is 9.43. The third-order valence-corrected chi connectivity index (χ3v) is 12.6. The molecule has 0 spiro atoms. The summed E-state index contributed by atoms with van der Waals surface area (Å²) in [4.78, 5) is 7.66. The minimum absolute atomic E-state index is 0.0982. The normalized spacial score (nSPS) is 14.5. The Bertz CT molecular complexity index is 2570. The van der Waals surface area contributed by atoms with Crippen molar-refractivity contribution in [2.75, 3.05) is 4.90 Å². The number of thiazole rings is 1. The van der Waals surface area contributed by atoms with Crippen molar-refractivity contribution in [3.8, 4) is 44.0 Å². The standard InChI is InChI=1S/C49H38N2S/c1-48(2)41-16-10-8-14-37(41)39-25-22-34(28-43(39)48)51(35-23-26-40-38-15-9-11-17-42(38)49(3,4)44(40)29-35)36-24-27-46-45(30-36)50-47(52-46)33-20-18-32(19-21-33)31-12-6-5-7-13-31/h5-30H,1-4H3. The van der Waals surface area contributed by atoms with E-state index in [0.717, 1.165) is 33.1 Å². The van der Waals surface area contributed by atoms with Gasteiger partial charge >= 0.3 is 0 Å². The summed E-state index contributed by atoms with van der Waals surface area (Å²) in [6, 6.07) is 58.0. The Balaban J connectivity index is 1.10. The quantitative estimate of drug-likeness (QED) is 0.179. The van der Waals surface area contributed by atoms with Crippen LogP contribution >= 0.6 is 11.3 Å². The molecule has 10 rings (SSSR count). The first kappa shape index (κ1) is 31.0. The van der Waals surface area contributed by atoms with Crippen molar-refractivity contribution >= 4 is 38.6 Å². The van der Waals surface area contributed by atoms with E-state index in [1.165, 1.54) is 60.3 Å². The van der Waals surface area contributed by atoms with Gasteiger partial charge in [0.1, 0.15) is 5.01 Å². The fraction of sp³-hybridized carbons (Fsp3) is 0.122. The van der Waals surface area contributed by atoms with Crippen molar-refractivity contribution in [3.05, 3.63) is 180 Å². The minimum atomic E-state index is -0.0982. The first-order valence-corrected chi connectivity index (χ1v) is 18.9. The van der Waals surface area contributed by atoms with Crippen LogP contribution < -0.4 is 4.90 Å². The highest BCUT2D eigenvalue weighted by Crippen LogP contribution is 2.53. The zero-order valence-corrected chi connectivity index (χ0v) is 30.6. The van der Waals surface area contributed by atoms with E-state index in [2.05, 4.69) is 190 Å². The number of anilines is 3. The molecule has 52 heavy (non-hydrogen) atoms. The van der Waals surface area contributed by atoms with Crippen LogP contribution in [0, 0.1) is 0 Å². The summed E-state index contributed by atoms with van der Waals surface area (Å²) in [5.74, 6) is 0. The van der Waals surface area contributed by atoms with Gasteiger partial charge in [0, 0.05) is 33.5 Å². The molecule has 0 bridgehead atoms. The van der Waals surface area contributed by atoms with Crippen LogP contribution in [0.2, 0.25) is 0 Å². The van der Waals surface area contributed by atoms with Gasteiger partial charge in [-0.25, -0.2) is 4.98 Å². The zero-order valence-electron chi connectivity index (χ0n) is 29.8. The van der Waals surface area contributed by atoms with Crippen molar-refractivity contribution < 1.29 is 0 Å². The average Bonchev–Trinajstić information content (AvgIpc) is 3.78. The Hall–Kier alpha value is -5.77. The highest BCUT2D eigenvalue weighted by atomic mass is 32.1. The smallest absolute Gasteiger partial charge is 0.124 e. The number of hydrogen-bond donors (Lipinski definition) is 0. The lowest BCUT2D eigenvalue weighted by molar-refractivity contribution is 0.660. The molecule has 7 aromatic carbocycles. The maximum atomic E-state index is 5.22. The predicted molar refractivity (Wildman–Crippen MR) is 220 cm³/mol. The Morgan fingerprint density at radius 3 is 1.48 bits per heavy atom. The van der Waals surface area contributed by atoms with Crippen molar-refractivity contribution in [1.82, 2.24) is 4.98 Å². The third-order valence-electron chi connectivity index (χ3n) is 11.5. The van der Waals surface area contributed by atoms with Gasteiger partial charge in [-0.2, -0.15) is 0 Å². The summed E-state index contributed by atoms with van der Waals surface area (Å²) in [5.41, 5.74) is 18.6. The summed E-state index contributed by atoms with van der Waals surface area (Å²) in [5, 5.41) is 1.03. The molecule has 0 unspecified atom stereocenters. The Morgan fingerprint density at radius 1 is 0.423 bits per heavy atom. The molecule has 250 valence electrons. The predicted octanol–water partition coefficient (Wildman–Crippen LogP) is 13.7. The number of fused-ring (bicyclic) bond motifs is 7. The Labute approximate surface area is 309 Å². The van der Waals surface area contributed by atoms with Crippen LogP contribution in [0.5, 0.6) is 0 Å². The summed E-state index contributed by atoms with van der Waals surface area (Å²) in [6.07, 6.45) is 0. The van der Waals surface area contributed by atoms with Crippen LogP contribution in [-0.2, 0) is 10.8 Å². The Kier molecular flexibility index (Phi) is 6.78. The lowest BCUT2D eigenvalue weighted by Gasteiger charge is -2.29. The molecule has 0 atom stereocenters. The first-order chi connectivity index (χ1) is 25.3. The largest absolute Gasteiger partial charge is 0.310 e. The zero-order chi connectivity index (χ0) is 35.2. The van der Waals surface area contributed by atoms with E-state index in [0.29, 0.717) is 0 Å². The molecule has 0 saturated carbocycles. The maximum Gasteiger partial charge on any atom is 0.124 e. The van der Waals surface area contributed by atoms with Gasteiger partial charge in [0.25, 0.3) is 0 Å². The number of hydrogen-bond acceptors (Lipinski definition) is 3. The van der Waals surface area contributed by atoms with Crippen molar-refractivity contribution in [2.24, 2.45) is 0 Å². The van der Waals surface area contributed by atoms with Crippen molar-refractivity contribution in [1.29, 1.82) is 0 Å². The highest BCUT2D eigenvalue weighted by molar-refractivity contribution is 7.21. The van der Waals surface area contributed by atoms with Crippen LogP contribution in [0.4, 0.5) is 17.1 Å². The average molecular weight is 687 g/mol. The van der Waals surface area contributed by atoms with Gasteiger partial charge in [-0.1, -0.05) is 143 Å². The van der Waals surface area contributed by atoms with Crippen LogP contribution in [0.3, 0.4) is 0 Å². The molecule has 0 amide bonds. The molecular formula is C49H38N2S. The van der Waals surface area contributed by atoms with E-state index in [4.69, 9.17) is 4.98 Å². The monoisotopic (exact) mass is 686 g/mol. The maximum absolute atomic E-state index is 5.22. The molecule has 8 aromatic rings. The fourth-order valence-corrected chi connectivity index (χ4v) is 9.68. The van der Waals surface area contributed by atoms with Gasteiger partial charge in [0.15, 0.2) is 0 Å². The molecule has 3 heteroatoms. The van der Waals surface area contributed by atoms with Crippen LogP contribution in [0.25, 0.3) is 54.2 Å². The number of rotatable bonds is 5. The van der Waals surface area contributed by atoms with Gasteiger partial charge in [0.2, 0.25) is 0 Å². The molecule has 2 nitrogen and oxygen atoms in total. The third kappa shape index (κ3) is 4.66. The molecule has 0 fully saturated rings. The summed E-state index contributed by atoms with van der Waals surface area (Å²) in [7, 11) is 0. The molecule has 0 N–H and O–H groups in total. The topological polar surface area (TPSA) is 16.1 Å². The van der Waals surface area contributed by atoms with E-state index in [-0.39, 0.29) is 10.8 Å². The van der Waals surface area contributed by atoms with E-state index >= 15 is 0 Å². The van der Waals surface area contributed by atoms with E-state index in [1.807, 2.05) is 0 Å².